The Bertz CT molecular complexity index is 1570. The highest BCUT2D eigenvalue weighted by Crippen LogP contribution is 2.22. The number of nitrogens with two attached hydrogens (primary N) is 1. The van der Waals surface area contributed by atoms with E-state index in [9.17, 15) is 19.2 Å². The fourth-order valence-corrected chi connectivity index (χ4v) is 4.67. The van der Waals surface area contributed by atoms with Gasteiger partial charge in [-0.25, -0.2) is 14.6 Å². The van der Waals surface area contributed by atoms with Crippen molar-refractivity contribution in [1.82, 2.24) is 14.5 Å². The Morgan fingerprint density at radius 1 is 1.13 bits per heavy atom. The Morgan fingerprint density at radius 3 is 2.55 bits per heavy atom. The molecule has 38 heavy (non-hydrogen) atoms. The van der Waals surface area contributed by atoms with Crippen LogP contribution in [0.5, 0.6) is 0 Å². The summed E-state index contributed by atoms with van der Waals surface area (Å²) in [4.78, 5) is 58.6. The van der Waals surface area contributed by atoms with Crippen molar-refractivity contribution in [1.29, 1.82) is 0 Å². The summed E-state index contributed by atoms with van der Waals surface area (Å²) in [6, 6.07) is 16.7. The number of esters is 1. The Balaban J connectivity index is 1.52. The summed E-state index contributed by atoms with van der Waals surface area (Å²) in [5.74, 6) is -1.60. The minimum atomic E-state index is -0.798. The molecule has 0 spiro atoms. The molecule has 0 fully saturated rings. The molecule has 11 heteroatoms. The first-order valence-corrected chi connectivity index (χ1v) is 12.7. The lowest BCUT2D eigenvalue weighted by Gasteiger charge is -2.26. The second-order valence-corrected chi connectivity index (χ2v) is 9.99. The quantitative estimate of drug-likeness (QED) is 0.249. The minimum absolute atomic E-state index is 0.0538. The Kier molecular flexibility index (Phi) is 8.17. The summed E-state index contributed by atoms with van der Waals surface area (Å²) in [7, 11) is 0. The molecule has 0 unspecified atom stereocenters. The van der Waals surface area contributed by atoms with Crippen LogP contribution in [0.3, 0.4) is 0 Å². The highest BCUT2D eigenvalue weighted by Gasteiger charge is 2.26. The number of fused-ring (bicyclic) bond motifs is 1. The van der Waals surface area contributed by atoms with E-state index in [1.54, 1.807) is 0 Å². The summed E-state index contributed by atoms with van der Waals surface area (Å²) in [6.45, 7) is 3.32. The average molecular weight is 534 g/mol. The maximum Gasteiger partial charge on any atom is 0.331 e. The number of hydrogen-bond donors (Lipinski definition) is 2. The van der Waals surface area contributed by atoms with Crippen LogP contribution in [-0.2, 0) is 20.9 Å². The molecule has 0 radical (unpaired) electrons. The number of aromatic nitrogens is 3. The van der Waals surface area contributed by atoms with E-state index < -0.39 is 29.7 Å². The predicted molar refractivity (Wildman–Crippen MR) is 148 cm³/mol. The van der Waals surface area contributed by atoms with Crippen LogP contribution in [0.15, 0.2) is 70.3 Å². The first-order valence-electron chi connectivity index (χ1n) is 11.9. The fourth-order valence-electron chi connectivity index (χ4n) is 3.80. The third-order valence-corrected chi connectivity index (χ3v) is 6.53. The van der Waals surface area contributed by atoms with Crippen LogP contribution >= 0.6 is 11.3 Å². The molecule has 0 bridgehead atoms. The number of amides is 1. The normalized spacial score (nSPS) is 11.3. The first kappa shape index (κ1) is 26.6. The highest BCUT2D eigenvalue weighted by atomic mass is 32.1. The van der Waals surface area contributed by atoms with Crippen LogP contribution < -0.4 is 21.9 Å². The zero-order chi connectivity index (χ0) is 27.2. The number of aromatic amines is 1. The number of carbonyl (C=O) groups is 2. The van der Waals surface area contributed by atoms with Crippen molar-refractivity contribution in [3.05, 3.63) is 92.1 Å². The lowest BCUT2D eigenvalue weighted by molar-refractivity contribution is -0.142. The van der Waals surface area contributed by atoms with Gasteiger partial charge in [0.05, 0.1) is 16.8 Å². The highest BCUT2D eigenvalue weighted by molar-refractivity contribution is 7.19. The monoisotopic (exact) mass is 533 g/mol. The van der Waals surface area contributed by atoms with Crippen molar-refractivity contribution < 1.29 is 14.3 Å². The maximum atomic E-state index is 13.2. The second kappa shape index (κ2) is 11.7. The molecule has 0 aliphatic rings. The molecule has 196 valence electrons. The van der Waals surface area contributed by atoms with Gasteiger partial charge in [-0.05, 0) is 29.7 Å². The molecular formula is C27H27N5O5S. The molecule has 0 aliphatic heterocycles. The Labute approximate surface area is 222 Å². The van der Waals surface area contributed by atoms with Gasteiger partial charge in [0.1, 0.15) is 10.8 Å². The molecule has 0 atom stereocenters. The lowest BCUT2D eigenvalue weighted by atomic mass is 10.2. The molecule has 4 rings (SSSR count). The molecule has 4 aromatic rings. The number of nitrogens with one attached hydrogen (secondary N) is 1. The SMILES string of the molecule is CC(C)CN(C(=O)COC(=O)/C=C/c1nc2ccccc2s1)c1c(N)n(Cc2ccccc2)c(=O)[nH]c1=O. The number of rotatable bonds is 9. The lowest BCUT2D eigenvalue weighted by Crippen LogP contribution is -2.44. The minimum Gasteiger partial charge on any atom is -0.452 e. The van der Waals surface area contributed by atoms with Gasteiger partial charge in [-0.15, -0.1) is 11.3 Å². The van der Waals surface area contributed by atoms with Gasteiger partial charge in [0.15, 0.2) is 12.3 Å². The number of hydrogen-bond acceptors (Lipinski definition) is 8. The largest absolute Gasteiger partial charge is 0.452 e. The number of benzene rings is 2. The van der Waals surface area contributed by atoms with Crippen LogP contribution in [0, 0.1) is 5.92 Å². The summed E-state index contributed by atoms with van der Waals surface area (Å²) in [6.07, 6.45) is 2.71. The van der Waals surface area contributed by atoms with E-state index in [1.807, 2.05) is 68.4 Å². The summed E-state index contributed by atoms with van der Waals surface area (Å²) in [5.41, 5.74) is 6.22. The smallest absolute Gasteiger partial charge is 0.331 e. The molecule has 3 N–H and O–H groups in total. The van der Waals surface area contributed by atoms with E-state index in [2.05, 4.69) is 9.97 Å². The van der Waals surface area contributed by atoms with Gasteiger partial charge in [-0.3, -0.25) is 19.1 Å². The van der Waals surface area contributed by atoms with Gasteiger partial charge in [-0.2, -0.15) is 0 Å². The van der Waals surface area contributed by atoms with Crippen LogP contribution in [-0.4, -0.2) is 39.6 Å². The number of anilines is 2. The molecule has 2 heterocycles. The fraction of sp³-hybridized carbons (Fsp3) is 0.222. The van der Waals surface area contributed by atoms with E-state index in [1.165, 1.54) is 28.1 Å². The number of H-pyrrole nitrogens is 1. The Hall–Kier alpha value is -4.51. The number of ether oxygens (including phenoxy) is 1. The Morgan fingerprint density at radius 2 is 1.84 bits per heavy atom. The number of thiazole rings is 1. The van der Waals surface area contributed by atoms with Gasteiger partial charge in [0.25, 0.3) is 11.5 Å². The first-order chi connectivity index (χ1) is 18.2. The van der Waals surface area contributed by atoms with Crippen LogP contribution in [0.25, 0.3) is 16.3 Å². The third kappa shape index (κ3) is 6.24. The van der Waals surface area contributed by atoms with Gasteiger partial charge < -0.3 is 15.4 Å². The van der Waals surface area contributed by atoms with Crippen molar-refractivity contribution in [2.24, 2.45) is 5.92 Å². The third-order valence-electron chi connectivity index (χ3n) is 5.53. The predicted octanol–water partition coefficient (Wildman–Crippen LogP) is 3.02. The van der Waals surface area contributed by atoms with Crippen LogP contribution in [0.1, 0.15) is 24.4 Å². The van der Waals surface area contributed by atoms with Crippen molar-refractivity contribution in [2.75, 3.05) is 23.8 Å². The molecule has 2 aromatic heterocycles. The molecule has 10 nitrogen and oxygen atoms in total. The zero-order valence-electron chi connectivity index (χ0n) is 20.9. The van der Waals surface area contributed by atoms with E-state index in [0.29, 0.717) is 5.01 Å². The summed E-state index contributed by atoms with van der Waals surface area (Å²) in [5, 5.41) is 0.621. The van der Waals surface area contributed by atoms with Gasteiger partial charge in [0.2, 0.25) is 0 Å². The maximum absolute atomic E-state index is 13.2. The standard InChI is InChI=1S/C27H27N5O5S/c1-17(2)14-31(24-25(28)32(27(36)30-26(24)35)15-18-8-4-3-5-9-18)22(33)16-37-23(34)13-12-21-29-19-10-6-7-11-20(19)38-21/h3-13,17H,14-16,28H2,1-2H3,(H,30,35,36)/b13-12+. The van der Waals surface area contributed by atoms with E-state index in [4.69, 9.17) is 10.5 Å². The number of nitrogen functional groups attached to an aromatic ring is 1. The average Bonchev–Trinajstić information content (AvgIpc) is 3.31. The van der Waals surface area contributed by atoms with E-state index in [-0.39, 0.29) is 30.5 Å². The van der Waals surface area contributed by atoms with Crippen molar-refractivity contribution in [2.45, 2.75) is 20.4 Å². The topological polar surface area (TPSA) is 140 Å². The van der Waals surface area contributed by atoms with Crippen LogP contribution in [0.4, 0.5) is 11.5 Å². The summed E-state index contributed by atoms with van der Waals surface area (Å²) >= 11 is 1.42. The van der Waals surface area contributed by atoms with Crippen molar-refractivity contribution in [3.63, 3.8) is 0 Å². The number of nitrogens with zero attached hydrogens (tertiary/aromatic N) is 3. The summed E-state index contributed by atoms with van der Waals surface area (Å²) < 4.78 is 7.33. The molecule has 2 aromatic carbocycles. The molecule has 0 saturated heterocycles. The van der Waals surface area contributed by atoms with E-state index in [0.717, 1.165) is 20.7 Å². The van der Waals surface area contributed by atoms with Crippen molar-refractivity contribution in [3.8, 4) is 0 Å². The number of para-hydroxylation sites is 1. The van der Waals surface area contributed by atoms with Crippen LogP contribution in [0.2, 0.25) is 0 Å². The van der Waals surface area contributed by atoms with Gasteiger partial charge >= 0.3 is 11.7 Å². The second-order valence-electron chi connectivity index (χ2n) is 8.92. The van der Waals surface area contributed by atoms with Gasteiger partial charge in [-0.1, -0.05) is 56.3 Å². The molecular weight excluding hydrogens is 506 g/mol. The van der Waals surface area contributed by atoms with E-state index >= 15 is 0 Å². The molecule has 1 amide bonds. The molecule has 0 aliphatic carbocycles. The number of carbonyl (C=O) groups excluding carboxylic acids is 2. The molecule has 0 saturated carbocycles. The zero-order valence-corrected chi connectivity index (χ0v) is 21.7. The van der Waals surface area contributed by atoms with Gasteiger partial charge in [0, 0.05) is 12.6 Å². The van der Waals surface area contributed by atoms with Crippen molar-refractivity contribution >= 4 is 51.0 Å².